The number of benzene rings is 1. The zero-order valence-corrected chi connectivity index (χ0v) is 14.3. The van der Waals surface area contributed by atoms with Crippen LogP contribution in [0.25, 0.3) is 0 Å². The van der Waals surface area contributed by atoms with Gasteiger partial charge in [0.15, 0.2) is 0 Å². The molecule has 1 aromatic heterocycles. The monoisotopic (exact) mass is 353 g/mol. The average Bonchev–Trinajstić information content (AvgIpc) is 2.87. The number of aryl methyl sites for hydroxylation is 1. The van der Waals surface area contributed by atoms with Crippen molar-refractivity contribution < 1.29 is 13.2 Å². The number of piperazine rings is 1. The number of alkyl halides is 3. The Hall–Kier alpha value is -2.22. The number of nitrogens with zero attached hydrogens (tertiary/aromatic N) is 4. The number of hydrogen-bond acceptors (Lipinski definition) is 4. The van der Waals surface area contributed by atoms with Crippen LogP contribution in [0.15, 0.2) is 24.4 Å². The number of rotatable bonds is 3. The van der Waals surface area contributed by atoms with E-state index in [1.165, 1.54) is 11.6 Å². The molecule has 136 valence electrons. The fourth-order valence-corrected chi connectivity index (χ4v) is 3.11. The van der Waals surface area contributed by atoms with Gasteiger partial charge in [-0.1, -0.05) is 0 Å². The topological polar surface area (TPSA) is 50.3 Å². The van der Waals surface area contributed by atoms with Gasteiger partial charge in [-0.25, -0.2) is 0 Å². The summed E-state index contributed by atoms with van der Waals surface area (Å²) in [6.45, 7) is 5.99. The normalized spacial score (nSPS) is 16.4. The largest absolute Gasteiger partial charge is 0.416 e. The lowest BCUT2D eigenvalue weighted by atomic mass is 10.1. The van der Waals surface area contributed by atoms with Crippen LogP contribution in [0.5, 0.6) is 0 Å². The standard InChI is InChI=1S/C17H22F3N5/c1-12-13(10-22-23(12)2)11-24-5-7-25(8-6-24)16-4-3-14(9-15(16)21)17(18,19)20/h3-4,9-10H,5-8,11,21H2,1-2H3. The van der Waals surface area contributed by atoms with E-state index in [2.05, 4.69) is 10.00 Å². The number of hydrogen-bond donors (Lipinski definition) is 1. The summed E-state index contributed by atoms with van der Waals surface area (Å²) in [5, 5.41) is 4.25. The number of anilines is 2. The van der Waals surface area contributed by atoms with Crippen LogP contribution >= 0.6 is 0 Å². The third kappa shape index (κ3) is 3.73. The third-order valence-electron chi connectivity index (χ3n) is 4.80. The van der Waals surface area contributed by atoms with Crippen LogP contribution in [-0.4, -0.2) is 40.9 Å². The van der Waals surface area contributed by atoms with E-state index in [9.17, 15) is 13.2 Å². The quantitative estimate of drug-likeness (QED) is 0.862. The van der Waals surface area contributed by atoms with Gasteiger partial charge in [0.2, 0.25) is 0 Å². The molecule has 0 bridgehead atoms. The molecule has 0 radical (unpaired) electrons. The van der Waals surface area contributed by atoms with Crippen LogP contribution in [0.2, 0.25) is 0 Å². The molecule has 0 saturated carbocycles. The number of nitrogen functional groups attached to an aromatic ring is 1. The summed E-state index contributed by atoms with van der Waals surface area (Å²) in [6.07, 6.45) is -2.48. The summed E-state index contributed by atoms with van der Waals surface area (Å²) in [5.74, 6) is 0. The van der Waals surface area contributed by atoms with Gasteiger partial charge < -0.3 is 10.6 Å². The molecule has 2 heterocycles. The molecular formula is C17H22F3N5. The minimum absolute atomic E-state index is 0.173. The molecule has 1 aliphatic rings. The van der Waals surface area contributed by atoms with Crippen molar-refractivity contribution >= 4 is 11.4 Å². The van der Waals surface area contributed by atoms with E-state index in [-0.39, 0.29) is 5.69 Å². The van der Waals surface area contributed by atoms with Gasteiger partial charge in [0.05, 0.1) is 23.1 Å². The second-order valence-corrected chi connectivity index (χ2v) is 6.41. The van der Waals surface area contributed by atoms with Crippen LogP contribution in [0.1, 0.15) is 16.8 Å². The zero-order valence-electron chi connectivity index (χ0n) is 14.3. The first-order chi connectivity index (χ1) is 11.8. The molecule has 0 amide bonds. The second-order valence-electron chi connectivity index (χ2n) is 6.41. The summed E-state index contributed by atoms with van der Waals surface area (Å²) >= 11 is 0. The molecule has 0 atom stereocenters. The SMILES string of the molecule is Cc1c(CN2CCN(c3ccc(C(F)(F)F)cc3N)CC2)cnn1C. The molecule has 2 aromatic rings. The van der Waals surface area contributed by atoms with Crippen molar-refractivity contribution in [1.29, 1.82) is 0 Å². The lowest BCUT2D eigenvalue weighted by molar-refractivity contribution is -0.137. The summed E-state index contributed by atoms with van der Waals surface area (Å²) in [4.78, 5) is 4.36. The van der Waals surface area contributed by atoms with Crippen molar-refractivity contribution in [1.82, 2.24) is 14.7 Å². The highest BCUT2D eigenvalue weighted by Gasteiger charge is 2.31. The Morgan fingerprint density at radius 2 is 1.84 bits per heavy atom. The van der Waals surface area contributed by atoms with Gasteiger partial charge in [0.1, 0.15) is 0 Å². The van der Waals surface area contributed by atoms with Crippen LogP contribution in [-0.2, 0) is 19.8 Å². The second kappa shape index (κ2) is 6.59. The number of halogens is 3. The van der Waals surface area contributed by atoms with Gasteiger partial charge in [-0.15, -0.1) is 0 Å². The van der Waals surface area contributed by atoms with E-state index in [4.69, 9.17) is 5.73 Å². The van der Waals surface area contributed by atoms with E-state index in [0.717, 1.165) is 50.6 Å². The van der Waals surface area contributed by atoms with E-state index in [0.29, 0.717) is 5.69 Å². The molecule has 1 fully saturated rings. The van der Waals surface area contributed by atoms with Crippen molar-refractivity contribution in [2.45, 2.75) is 19.6 Å². The molecule has 1 saturated heterocycles. The average molecular weight is 353 g/mol. The maximum Gasteiger partial charge on any atom is 0.416 e. The highest BCUT2D eigenvalue weighted by Crippen LogP contribution is 2.34. The van der Waals surface area contributed by atoms with Crippen LogP contribution in [0, 0.1) is 6.92 Å². The predicted molar refractivity (Wildman–Crippen MR) is 91.3 cm³/mol. The summed E-state index contributed by atoms with van der Waals surface area (Å²) in [7, 11) is 1.92. The Balaban J connectivity index is 1.63. The van der Waals surface area contributed by atoms with Crippen molar-refractivity contribution in [3.63, 3.8) is 0 Å². The van der Waals surface area contributed by atoms with Gasteiger partial charge in [0.25, 0.3) is 0 Å². The fourth-order valence-electron chi connectivity index (χ4n) is 3.11. The van der Waals surface area contributed by atoms with Gasteiger partial charge in [0, 0.05) is 51.0 Å². The highest BCUT2D eigenvalue weighted by molar-refractivity contribution is 5.69. The Bertz CT molecular complexity index is 745. The van der Waals surface area contributed by atoms with Gasteiger partial charge in [-0.3, -0.25) is 9.58 Å². The van der Waals surface area contributed by atoms with E-state index < -0.39 is 11.7 Å². The van der Waals surface area contributed by atoms with Crippen molar-refractivity contribution in [2.75, 3.05) is 36.8 Å². The van der Waals surface area contributed by atoms with Crippen LogP contribution in [0.3, 0.4) is 0 Å². The van der Waals surface area contributed by atoms with E-state index in [1.807, 2.05) is 29.7 Å². The number of aromatic nitrogens is 2. The first kappa shape index (κ1) is 17.6. The van der Waals surface area contributed by atoms with Crippen molar-refractivity contribution in [3.05, 3.63) is 41.2 Å². The van der Waals surface area contributed by atoms with Crippen LogP contribution < -0.4 is 10.6 Å². The van der Waals surface area contributed by atoms with Crippen LogP contribution in [0.4, 0.5) is 24.5 Å². The molecule has 0 spiro atoms. The third-order valence-corrected chi connectivity index (χ3v) is 4.80. The van der Waals surface area contributed by atoms with Crippen molar-refractivity contribution in [3.8, 4) is 0 Å². The molecule has 3 rings (SSSR count). The Labute approximate surface area is 144 Å². The molecule has 25 heavy (non-hydrogen) atoms. The molecule has 5 nitrogen and oxygen atoms in total. The molecule has 8 heteroatoms. The summed E-state index contributed by atoms with van der Waals surface area (Å²) < 4.78 is 40.1. The smallest absolute Gasteiger partial charge is 0.397 e. The maximum atomic E-state index is 12.8. The minimum atomic E-state index is -4.37. The predicted octanol–water partition coefficient (Wildman–Crippen LogP) is 2.65. The first-order valence-corrected chi connectivity index (χ1v) is 8.17. The van der Waals surface area contributed by atoms with Gasteiger partial charge >= 0.3 is 6.18 Å². The Morgan fingerprint density at radius 3 is 2.36 bits per heavy atom. The highest BCUT2D eigenvalue weighted by atomic mass is 19.4. The summed E-state index contributed by atoms with van der Waals surface area (Å²) in [5.41, 5.74) is 8.35. The zero-order chi connectivity index (χ0) is 18.2. The molecule has 0 aliphatic carbocycles. The first-order valence-electron chi connectivity index (χ1n) is 8.17. The maximum absolute atomic E-state index is 12.8. The molecule has 0 unspecified atom stereocenters. The lowest BCUT2D eigenvalue weighted by Crippen LogP contribution is -2.46. The Kier molecular flexibility index (Phi) is 4.64. The van der Waals surface area contributed by atoms with E-state index >= 15 is 0 Å². The molecular weight excluding hydrogens is 331 g/mol. The number of nitrogens with two attached hydrogens (primary N) is 1. The van der Waals surface area contributed by atoms with Gasteiger partial charge in [-0.2, -0.15) is 18.3 Å². The minimum Gasteiger partial charge on any atom is -0.397 e. The van der Waals surface area contributed by atoms with Crippen molar-refractivity contribution in [2.24, 2.45) is 7.05 Å². The lowest BCUT2D eigenvalue weighted by Gasteiger charge is -2.36. The van der Waals surface area contributed by atoms with E-state index in [1.54, 1.807) is 0 Å². The summed E-state index contributed by atoms with van der Waals surface area (Å²) in [6, 6.07) is 3.58. The molecule has 1 aromatic carbocycles. The molecule has 1 aliphatic heterocycles. The fraction of sp³-hybridized carbons (Fsp3) is 0.471. The Morgan fingerprint density at radius 1 is 1.16 bits per heavy atom. The molecule has 2 N–H and O–H groups in total. The van der Waals surface area contributed by atoms with Gasteiger partial charge in [-0.05, 0) is 25.1 Å².